The smallest absolute Gasteiger partial charge is 0.0291 e. The van der Waals surface area contributed by atoms with Crippen molar-refractivity contribution >= 4 is 0 Å². The zero-order valence-corrected chi connectivity index (χ0v) is 10.7. The van der Waals surface area contributed by atoms with Gasteiger partial charge in [0.2, 0.25) is 0 Å². The lowest BCUT2D eigenvalue weighted by Crippen LogP contribution is -2.19. The van der Waals surface area contributed by atoms with Crippen molar-refractivity contribution in [1.82, 2.24) is 5.32 Å². The maximum absolute atomic E-state index is 3.91. The molecule has 1 unspecified atom stereocenters. The number of benzene rings is 1. The molecule has 0 amide bonds. The molecule has 1 N–H and O–H groups in total. The molecule has 0 saturated carbocycles. The molecule has 1 rings (SSSR count). The first-order valence-corrected chi connectivity index (χ1v) is 6.10. The molecule has 16 heavy (non-hydrogen) atoms. The summed E-state index contributed by atoms with van der Waals surface area (Å²) in [7, 11) is 0. The Balaban J connectivity index is 2.45. The lowest BCUT2D eigenvalue weighted by atomic mass is 10.0. The van der Waals surface area contributed by atoms with Crippen LogP contribution in [0.2, 0.25) is 0 Å². The van der Waals surface area contributed by atoms with Crippen molar-refractivity contribution in [2.45, 2.75) is 39.7 Å². The Labute approximate surface area is 99.6 Å². The molecule has 0 radical (unpaired) electrons. The van der Waals surface area contributed by atoms with Crippen LogP contribution < -0.4 is 5.32 Å². The third-order valence-electron chi connectivity index (χ3n) is 2.89. The summed E-state index contributed by atoms with van der Waals surface area (Å²) in [4.78, 5) is 0. The van der Waals surface area contributed by atoms with Crippen LogP contribution in [0.4, 0.5) is 0 Å². The topological polar surface area (TPSA) is 12.0 Å². The van der Waals surface area contributed by atoms with Gasteiger partial charge in [-0.05, 0) is 44.4 Å². The SMILES string of the molecule is C=C(C)CCNC(C)c1ccc(CC)cc1. The van der Waals surface area contributed by atoms with Crippen molar-refractivity contribution < 1.29 is 0 Å². The number of aryl methyl sites for hydroxylation is 1. The van der Waals surface area contributed by atoms with Gasteiger partial charge in [0, 0.05) is 6.04 Å². The van der Waals surface area contributed by atoms with E-state index in [0.29, 0.717) is 6.04 Å². The second-order valence-corrected chi connectivity index (χ2v) is 4.48. The highest BCUT2D eigenvalue weighted by atomic mass is 14.9. The van der Waals surface area contributed by atoms with E-state index >= 15 is 0 Å². The second kappa shape index (κ2) is 6.49. The van der Waals surface area contributed by atoms with Gasteiger partial charge >= 0.3 is 0 Å². The quantitative estimate of drug-likeness (QED) is 0.713. The van der Waals surface area contributed by atoms with Crippen LogP contribution in [0.25, 0.3) is 0 Å². The molecule has 0 spiro atoms. The molecule has 1 nitrogen and oxygen atoms in total. The van der Waals surface area contributed by atoms with E-state index < -0.39 is 0 Å². The maximum Gasteiger partial charge on any atom is 0.0291 e. The zero-order valence-electron chi connectivity index (χ0n) is 10.7. The molecule has 88 valence electrons. The summed E-state index contributed by atoms with van der Waals surface area (Å²) >= 11 is 0. The third kappa shape index (κ3) is 4.19. The second-order valence-electron chi connectivity index (χ2n) is 4.48. The first-order valence-electron chi connectivity index (χ1n) is 6.10. The van der Waals surface area contributed by atoms with Crippen LogP contribution in [-0.2, 0) is 6.42 Å². The Morgan fingerprint density at radius 2 is 1.94 bits per heavy atom. The van der Waals surface area contributed by atoms with E-state index in [4.69, 9.17) is 0 Å². The monoisotopic (exact) mass is 217 g/mol. The van der Waals surface area contributed by atoms with Gasteiger partial charge in [-0.1, -0.05) is 36.8 Å². The zero-order chi connectivity index (χ0) is 12.0. The van der Waals surface area contributed by atoms with Crippen molar-refractivity contribution in [3.8, 4) is 0 Å². The minimum atomic E-state index is 0.422. The molecule has 1 atom stereocenters. The van der Waals surface area contributed by atoms with Crippen LogP contribution in [0.3, 0.4) is 0 Å². The first kappa shape index (κ1) is 13.0. The summed E-state index contributed by atoms with van der Waals surface area (Å²) in [6.45, 7) is 11.4. The van der Waals surface area contributed by atoms with Gasteiger partial charge in [0.1, 0.15) is 0 Å². The molecule has 0 aliphatic heterocycles. The number of hydrogen-bond acceptors (Lipinski definition) is 1. The Morgan fingerprint density at radius 3 is 2.44 bits per heavy atom. The molecular formula is C15H23N. The van der Waals surface area contributed by atoms with Gasteiger partial charge in [0.05, 0.1) is 0 Å². The Bertz CT molecular complexity index is 324. The molecule has 0 aliphatic carbocycles. The fraction of sp³-hybridized carbons (Fsp3) is 0.467. The van der Waals surface area contributed by atoms with Crippen molar-refractivity contribution in [2.24, 2.45) is 0 Å². The largest absolute Gasteiger partial charge is 0.310 e. The molecule has 0 heterocycles. The number of nitrogens with one attached hydrogen (secondary N) is 1. The minimum Gasteiger partial charge on any atom is -0.310 e. The van der Waals surface area contributed by atoms with Crippen molar-refractivity contribution in [1.29, 1.82) is 0 Å². The van der Waals surface area contributed by atoms with E-state index in [1.807, 2.05) is 0 Å². The Morgan fingerprint density at radius 1 is 1.31 bits per heavy atom. The van der Waals surface area contributed by atoms with E-state index in [0.717, 1.165) is 19.4 Å². The summed E-state index contributed by atoms with van der Waals surface area (Å²) in [5, 5.41) is 3.51. The molecule has 0 bridgehead atoms. The highest BCUT2D eigenvalue weighted by Gasteiger charge is 2.03. The van der Waals surface area contributed by atoms with E-state index in [1.165, 1.54) is 16.7 Å². The molecule has 0 fully saturated rings. The predicted octanol–water partition coefficient (Wildman–Crippen LogP) is 3.87. The van der Waals surface area contributed by atoms with Crippen molar-refractivity contribution in [2.75, 3.05) is 6.54 Å². The molecule has 0 aromatic heterocycles. The lowest BCUT2D eigenvalue weighted by molar-refractivity contribution is 0.576. The maximum atomic E-state index is 3.91. The average molecular weight is 217 g/mol. The molecule has 0 aliphatic rings. The fourth-order valence-corrected chi connectivity index (χ4v) is 1.66. The normalized spacial score (nSPS) is 12.4. The molecule has 1 aromatic carbocycles. The minimum absolute atomic E-state index is 0.422. The van der Waals surface area contributed by atoms with E-state index in [9.17, 15) is 0 Å². The van der Waals surface area contributed by atoms with E-state index in [1.54, 1.807) is 0 Å². The number of rotatable bonds is 6. The van der Waals surface area contributed by atoms with Gasteiger partial charge in [-0.15, -0.1) is 6.58 Å². The molecule has 1 heteroatoms. The fourth-order valence-electron chi connectivity index (χ4n) is 1.66. The van der Waals surface area contributed by atoms with Crippen LogP contribution >= 0.6 is 0 Å². The first-order chi connectivity index (χ1) is 7.63. The Hall–Kier alpha value is -1.08. The number of hydrogen-bond donors (Lipinski definition) is 1. The van der Waals surface area contributed by atoms with Gasteiger partial charge in [0.15, 0.2) is 0 Å². The van der Waals surface area contributed by atoms with Crippen molar-refractivity contribution in [3.63, 3.8) is 0 Å². The van der Waals surface area contributed by atoms with Crippen LogP contribution in [0.15, 0.2) is 36.4 Å². The van der Waals surface area contributed by atoms with E-state index in [2.05, 4.69) is 56.9 Å². The summed E-state index contributed by atoms with van der Waals surface area (Å²) < 4.78 is 0. The van der Waals surface area contributed by atoms with Crippen LogP contribution in [0.1, 0.15) is 44.4 Å². The van der Waals surface area contributed by atoms with Crippen LogP contribution in [-0.4, -0.2) is 6.54 Å². The van der Waals surface area contributed by atoms with Gasteiger partial charge in [0.25, 0.3) is 0 Å². The van der Waals surface area contributed by atoms with Crippen LogP contribution in [0.5, 0.6) is 0 Å². The third-order valence-corrected chi connectivity index (χ3v) is 2.89. The van der Waals surface area contributed by atoms with Gasteiger partial charge in [-0.2, -0.15) is 0 Å². The summed E-state index contributed by atoms with van der Waals surface area (Å²) in [5.41, 5.74) is 4.00. The van der Waals surface area contributed by atoms with Gasteiger partial charge < -0.3 is 5.32 Å². The lowest BCUT2D eigenvalue weighted by Gasteiger charge is -2.14. The highest BCUT2D eigenvalue weighted by molar-refractivity contribution is 5.24. The van der Waals surface area contributed by atoms with Gasteiger partial charge in [-0.3, -0.25) is 0 Å². The molecular weight excluding hydrogens is 194 g/mol. The highest BCUT2D eigenvalue weighted by Crippen LogP contribution is 2.13. The summed E-state index contributed by atoms with van der Waals surface area (Å²) in [6.07, 6.45) is 2.16. The standard InChI is InChI=1S/C15H23N/c1-5-14-6-8-15(9-7-14)13(4)16-11-10-12(2)3/h6-9,13,16H,2,5,10-11H2,1,3-4H3. The Kier molecular flexibility index (Phi) is 5.27. The van der Waals surface area contributed by atoms with Crippen LogP contribution in [0, 0.1) is 0 Å². The molecule has 0 saturated heterocycles. The average Bonchev–Trinajstić information content (AvgIpc) is 2.28. The van der Waals surface area contributed by atoms with Gasteiger partial charge in [-0.25, -0.2) is 0 Å². The molecule has 1 aromatic rings. The summed E-state index contributed by atoms with van der Waals surface area (Å²) in [5.74, 6) is 0. The predicted molar refractivity (Wildman–Crippen MR) is 71.7 cm³/mol. The van der Waals surface area contributed by atoms with Crippen molar-refractivity contribution in [3.05, 3.63) is 47.5 Å². The summed E-state index contributed by atoms with van der Waals surface area (Å²) in [6, 6.07) is 9.29. The van der Waals surface area contributed by atoms with E-state index in [-0.39, 0.29) is 0 Å².